The Bertz CT molecular complexity index is 1270. The molecule has 4 rings (SSSR count). The van der Waals surface area contributed by atoms with Gasteiger partial charge in [-0.15, -0.1) is 11.3 Å². The molecule has 2 aromatic heterocycles. The summed E-state index contributed by atoms with van der Waals surface area (Å²) in [5.41, 5.74) is 7.61. The van der Waals surface area contributed by atoms with Gasteiger partial charge in [0.05, 0.1) is 23.8 Å². The van der Waals surface area contributed by atoms with Crippen molar-refractivity contribution < 1.29 is 23.5 Å². The lowest BCUT2D eigenvalue weighted by molar-refractivity contribution is -0.116. The van der Waals surface area contributed by atoms with E-state index < -0.39 is 23.5 Å². The highest BCUT2D eigenvalue weighted by Gasteiger charge is 2.27. The number of carbonyl (C=O) groups excluding carboxylic acids is 3. The van der Waals surface area contributed by atoms with E-state index in [1.165, 1.54) is 36.6 Å². The molecule has 2 amide bonds. The van der Waals surface area contributed by atoms with Crippen molar-refractivity contribution in [3.63, 3.8) is 0 Å². The minimum absolute atomic E-state index is 0.166. The summed E-state index contributed by atoms with van der Waals surface area (Å²) in [4.78, 5) is 49.8. The molecule has 2 heterocycles. The molecule has 1 aliphatic carbocycles. The van der Waals surface area contributed by atoms with Crippen LogP contribution in [0.5, 0.6) is 0 Å². The number of nitrogens with zero attached hydrogens (tertiary/aromatic N) is 1. The molecule has 0 spiro atoms. The number of esters is 1. The highest BCUT2D eigenvalue weighted by Crippen LogP contribution is 2.39. The Morgan fingerprint density at radius 1 is 1.35 bits per heavy atom. The molecule has 1 atom stereocenters. The van der Waals surface area contributed by atoms with E-state index in [0.29, 0.717) is 22.0 Å². The molecule has 0 radical (unpaired) electrons. The van der Waals surface area contributed by atoms with Gasteiger partial charge in [-0.25, -0.2) is 9.59 Å². The Hall–Kier alpha value is -3.40. The monoisotopic (exact) mass is 443 g/mol. The van der Waals surface area contributed by atoms with Gasteiger partial charge < -0.3 is 20.2 Å². The lowest BCUT2D eigenvalue weighted by atomic mass is 9.88. The summed E-state index contributed by atoms with van der Waals surface area (Å²) in [6.45, 7) is 1.83. The van der Waals surface area contributed by atoms with Crippen molar-refractivity contribution >= 4 is 45.2 Å². The number of primary amides is 1. The first kappa shape index (κ1) is 20.9. The van der Waals surface area contributed by atoms with Gasteiger partial charge >= 0.3 is 11.7 Å². The maximum Gasteiger partial charge on any atom is 0.420 e. The second kappa shape index (κ2) is 8.03. The number of oxazole rings is 1. The van der Waals surface area contributed by atoms with Crippen LogP contribution in [-0.2, 0) is 28.9 Å². The van der Waals surface area contributed by atoms with Gasteiger partial charge in [0.2, 0.25) is 5.91 Å². The van der Waals surface area contributed by atoms with Crippen LogP contribution >= 0.6 is 11.3 Å². The zero-order valence-electron chi connectivity index (χ0n) is 17.0. The predicted octanol–water partition coefficient (Wildman–Crippen LogP) is 2.30. The Balaban J connectivity index is 1.61. The summed E-state index contributed by atoms with van der Waals surface area (Å²) in [6, 6.07) is 4.38. The number of nitrogens with one attached hydrogen (secondary N) is 1. The molecule has 9 nitrogen and oxygen atoms in total. The van der Waals surface area contributed by atoms with Gasteiger partial charge in [-0.1, -0.05) is 6.92 Å². The fraction of sp³-hybridized carbons (Fsp3) is 0.333. The number of ether oxygens (including phenoxy) is 1. The third-order valence-corrected chi connectivity index (χ3v) is 6.57. The van der Waals surface area contributed by atoms with Crippen molar-refractivity contribution in [3.8, 4) is 0 Å². The topological polar surface area (TPSA) is 134 Å². The summed E-state index contributed by atoms with van der Waals surface area (Å²) in [6.07, 6.45) is 2.54. The molecule has 1 aromatic carbocycles. The number of hydrogen-bond donors (Lipinski definition) is 2. The number of aromatic nitrogens is 1. The van der Waals surface area contributed by atoms with Gasteiger partial charge in [0.25, 0.3) is 5.91 Å². The van der Waals surface area contributed by atoms with Crippen molar-refractivity contribution in [1.82, 2.24) is 4.57 Å². The molecule has 0 saturated heterocycles. The van der Waals surface area contributed by atoms with Crippen molar-refractivity contribution in [2.24, 2.45) is 11.7 Å². The number of carbonyl (C=O) groups is 3. The SMILES string of the molecule is COC(=O)c1ccc2c(c1)oc(=O)n2CC(=O)Nc1sc2c(c1C(N)=O)CCC(C)C2. The average Bonchev–Trinajstić information content (AvgIpc) is 3.23. The predicted molar refractivity (Wildman–Crippen MR) is 114 cm³/mol. The van der Waals surface area contributed by atoms with Crippen LogP contribution in [0.4, 0.5) is 5.00 Å². The summed E-state index contributed by atoms with van der Waals surface area (Å²) >= 11 is 1.36. The molecule has 3 aromatic rings. The second-order valence-electron chi connectivity index (χ2n) is 7.60. The third-order valence-electron chi connectivity index (χ3n) is 5.40. The zero-order chi connectivity index (χ0) is 22.3. The van der Waals surface area contributed by atoms with Crippen molar-refractivity contribution in [2.45, 2.75) is 32.7 Å². The van der Waals surface area contributed by atoms with E-state index in [-0.39, 0.29) is 17.7 Å². The first-order chi connectivity index (χ1) is 14.8. The van der Waals surface area contributed by atoms with Crippen molar-refractivity contribution in [2.75, 3.05) is 12.4 Å². The van der Waals surface area contributed by atoms with Crippen LogP contribution in [-0.4, -0.2) is 29.5 Å². The number of thiophene rings is 1. The normalized spacial score (nSPS) is 15.5. The highest BCUT2D eigenvalue weighted by molar-refractivity contribution is 7.17. The Labute approximate surface area is 180 Å². The quantitative estimate of drug-likeness (QED) is 0.581. The molecule has 0 fully saturated rings. The van der Waals surface area contributed by atoms with Gasteiger partial charge in [0.15, 0.2) is 5.58 Å². The Morgan fingerprint density at radius 2 is 2.13 bits per heavy atom. The van der Waals surface area contributed by atoms with Crippen LogP contribution in [0.2, 0.25) is 0 Å². The molecule has 0 aliphatic heterocycles. The number of nitrogens with two attached hydrogens (primary N) is 1. The van der Waals surface area contributed by atoms with Gasteiger partial charge in [0.1, 0.15) is 11.5 Å². The molecular formula is C21H21N3O6S. The molecule has 3 N–H and O–H groups in total. The third kappa shape index (κ3) is 3.86. The van der Waals surface area contributed by atoms with E-state index >= 15 is 0 Å². The number of hydrogen-bond acceptors (Lipinski definition) is 7. The molecule has 0 bridgehead atoms. The van der Waals surface area contributed by atoms with E-state index in [2.05, 4.69) is 17.0 Å². The molecule has 1 unspecified atom stereocenters. The first-order valence-corrected chi connectivity index (χ1v) is 10.6. The molecular weight excluding hydrogens is 422 g/mol. The van der Waals surface area contributed by atoms with Gasteiger partial charge in [-0.05, 0) is 48.9 Å². The largest absolute Gasteiger partial charge is 0.465 e. The lowest BCUT2D eigenvalue weighted by Gasteiger charge is -2.18. The Kier molecular flexibility index (Phi) is 5.40. The van der Waals surface area contributed by atoms with E-state index in [1.54, 1.807) is 0 Å². The number of amides is 2. The number of benzene rings is 1. The lowest BCUT2D eigenvalue weighted by Crippen LogP contribution is -2.25. The number of fused-ring (bicyclic) bond motifs is 2. The second-order valence-corrected chi connectivity index (χ2v) is 8.70. The smallest absolute Gasteiger partial charge is 0.420 e. The van der Waals surface area contributed by atoms with Crippen molar-refractivity contribution in [1.29, 1.82) is 0 Å². The van der Waals surface area contributed by atoms with E-state index in [0.717, 1.165) is 34.3 Å². The van der Waals surface area contributed by atoms with Crippen LogP contribution in [0, 0.1) is 5.92 Å². The van der Waals surface area contributed by atoms with Gasteiger partial charge in [-0.3, -0.25) is 14.2 Å². The molecule has 10 heteroatoms. The fourth-order valence-electron chi connectivity index (χ4n) is 3.87. The minimum atomic E-state index is -0.735. The van der Waals surface area contributed by atoms with Crippen LogP contribution in [0.25, 0.3) is 11.1 Å². The average molecular weight is 443 g/mol. The van der Waals surface area contributed by atoms with Crippen LogP contribution in [0.3, 0.4) is 0 Å². The van der Waals surface area contributed by atoms with Crippen LogP contribution in [0.1, 0.15) is 44.5 Å². The number of anilines is 1. The molecule has 31 heavy (non-hydrogen) atoms. The highest BCUT2D eigenvalue weighted by atomic mass is 32.1. The maximum absolute atomic E-state index is 12.7. The molecule has 0 saturated carbocycles. The summed E-state index contributed by atoms with van der Waals surface area (Å²) in [5.74, 6) is -1.87. The summed E-state index contributed by atoms with van der Waals surface area (Å²) in [5, 5.41) is 3.14. The van der Waals surface area contributed by atoms with Crippen LogP contribution < -0.4 is 16.8 Å². The minimum Gasteiger partial charge on any atom is -0.465 e. The van der Waals surface area contributed by atoms with Gasteiger partial charge in [-0.2, -0.15) is 0 Å². The number of rotatable bonds is 5. The molecule has 162 valence electrons. The van der Waals surface area contributed by atoms with Gasteiger partial charge in [0, 0.05) is 4.88 Å². The standard InChI is InChI=1S/C21H21N3O6S/c1-10-3-5-12-15(7-10)31-19(17(12)18(22)26)23-16(25)9-24-13-6-4-11(20(27)29-2)8-14(13)30-21(24)28/h4,6,8,10H,3,5,7,9H2,1-2H3,(H2,22,26)(H,23,25). The fourth-order valence-corrected chi connectivity index (χ4v) is 5.30. The summed E-state index contributed by atoms with van der Waals surface area (Å²) in [7, 11) is 1.25. The molecule has 1 aliphatic rings. The van der Waals surface area contributed by atoms with Crippen molar-refractivity contribution in [3.05, 3.63) is 50.3 Å². The zero-order valence-corrected chi connectivity index (χ0v) is 17.8. The summed E-state index contributed by atoms with van der Waals surface area (Å²) < 4.78 is 11.0. The number of methoxy groups -OCH3 is 1. The Morgan fingerprint density at radius 3 is 2.84 bits per heavy atom. The first-order valence-electron chi connectivity index (χ1n) is 9.74. The van der Waals surface area contributed by atoms with Crippen LogP contribution in [0.15, 0.2) is 27.4 Å². The van der Waals surface area contributed by atoms with E-state index in [4.69, 9.17) is 10.2 Å². The maximum atomic E-state index is 12.7. The van der Waals surface area contributed by atoms with E-state index in [1.807, 2.05) is 0 Å². The van der Waals surface area contributed by atoms with E-state index in [9.17, 15) is 19.2 Å².